The zero-order valence-electron chi connectivity index (χ0n) is 12.1. The zero-order valence-corrected chi connectivity index (χ0v) is 15.3. The van der Waals surface area contributed by atoms with Crippen molar-refractivity contribution < 1.29 is 4.74 Å². The molecule has 1 fully saturated rings. The second-order valence-electron chi connectivity index (χ2n) is 5.37. The molecule has 1 N–H and O–H groups in total. The van der Waals surface area contributed by atoms with E-state index in [2.05, 4.69) is 61.3 Å². The summed E-state index contributed by atoms with van der Waals surface area (Å²) in [4.78, 5) is 2.40. The average molecular weight is 406 g/mol. The fourth-order valence-corrected chi connectivity index (χ4v) is 4.12. The molecule has 0 bridgehead atoms. The lowest BCUT2D eigenvalue weighted by Gasteiger charge is -2.14. The molecule has 0 aromatic heterocycles. The third kappa shape index (κ3) is 4.45. The monoisotopic (exact) mass is 404 g/mol. The van der Waals surface area contributed by atoms with Crippen LogP contribution in [-0.2, 0) is 6.54 Å². The Labute approximate surface area is 138 Å². The number of likely N-dealkylation sites (tertiary alicyclic amines) is 1. The van der Waals surface area contributed by atoms with E-state index < -0.39 is 0 Å². The summed E-state index contributed by atoms with van der Waals surface area (Å²) in [6.45, 7) is 7.09. The lowest BCUT2D eigenvalue weighted by atomic mass is 10.1. The molecule has 0 amide bonds. The minimum Gasteiger partial charge on any atom is -0.492 e. The molecular formula is C15H22Br2N2O. The van der Waals surface area contributed by atoms with Crippen molar-refractivity contribution in [3.8, 4) is 5.75 Å². The predicted octanol–water partition coefficient (Wildman–Crippen LogP) is 3.65. The maximum absolute atomic E-state index is 5.60. The van der Waals surface area contributed by atoms with Crippen LogP contribution in [0, 0.1) is 5.92 Å². The second-order valence-corrected chi connectivity index (χ2v) is 7.08. The Hall–Kier alpha value is -0.100. The molecule has 0 radical (unpaired) electrons. The molecule has 1 aromatic carbocycles. The van der Waals surface area contributed by atoms with Crippen molar-refractivity contribution in [2.24, 2.45) is 5.92 Å². The molecule has 1 aliphatic heterocycles. The first-order chi connectivity index (χ1) is 9.60. The van der Waals surface area contributed by atoms with E-state index in [1.807, 2.05) is 6.92 Å². The van der Waals surface area contributed by atoms with Crippen molar-refractivity contribution in [1.29, 1.82) is 0 Å². The number of nitrogens with one attached hydrogen (secondary N) is 1. The topological polar surface area (TPSA) is 24.5 Å². The minimum atomic E-state index is 0.671. The Kier molecular flexibility index (Phi) is 6.33. The predicted molar refractivity (Wildman–Crippen MR) is 90.3 cm³/mol. The highest BCUT2D eigenvalue weighted by Gasteiger charge is 2.18. The fourth-order valence-electron chi connectivity index (χ4n) is 2.61. The van der Waals surface area contributed by atoms with Crippen LogP contribution in [0.25, 0.3) is 0 Å². The lowest BCUT2D eigenvalue weighted by Crippen LogP contribution is -2.24. The van der Waals surface area contributed by atoms with Gasteiger partial charge in [0.05, 0.1) is 15.6 Å². The molecule has 1 aromatic rings. The van der Waals surface area contributed by atoms with Gasteiger partial charge in [-0.05, 0) is 89.0 Å². The van der Waals surface area contributed by atoms with Gasteiger partial charge in [-0.25, -0.2) is 0 Å². The van der Waals surface area contributed by atoms with Gasteiger partial charge in [0.15, 0.2) is 0 Å². The first-order valence-electron chi connectivity index (χ1n) is 7.10. The summed E-state index contributed by atoms with van der Waals surface area (Å²) in [5.41, 5.74) is 1.26. The van der Waals surface area contributed by atoms with Crippen molar-refractivity contribution >= 4 is 31.9 Å². The number of hydrogen-bond acceptors (Lipinski definition) is 3. The van der Waals surface area contributed by atoms with E-state index in [1.54, 1.807) is 0 Å². The van der Waals surface area contributed by atoms with Gasteiger partial charge in [-0.1, -0.05) is 0 Å². The average Bonchev–Trinajstić information content (AvgIpc) is 2.80. The molecule has 112 valence electrons. The van der Waals surface area contributed by atoms with Gasteiger partial charge in [0.2, 0.25) is 0 Å². The molecule has 1 saturated heterocycles. The van der Waals surface area contributed by atoms with Crippen molar-refractivity contribution in [2.75, 3.05) is 33.3 Å². The maximum Gasteiger partial charge on any atom is 0.147 e. The number of hydrogen-bond donors (Lipinski definition) is 1. The van der Waals surface area contributed by atoms with E-state index in [0.717, 1.165) is 33.7 Å². The van der Waals surface area contributed by atoms with Crippen LogP contribution in [0.1, 0.15) is 18.9 Å². The van der Waals surface area contributed by atoms with Gasteiger partial charge in [-0.15, -0.1) is 0 Å². The molecule has 1 atom stereocenters. The molecule has 1 heterocycles. The van der Waals surface area contributed by atoms with Gasteiger partial charge >= 0.3 is 0 Å². The van der Waals surface area contributed by atoms with Crippen LogP contribution in [0.5, 0.6) is 5.75 Å². The van der Waals surface area contributed by atoms with E-state index in [0.29, 0.717) is 6.61 Å². The lowest BCUT2D eigenvalue weighted by molar-refractivity contribution is 0.336. The highest BCUT2D eigenvalue weighted by Crippen LogP contribution is 2.34. The maximum atomic E-state index is 5.60. The Balaban J connectivity index is 1.87. The number of ether oxygens (including phenoxy) is 1. The number of rotatable bonds is 6. The van der Waals surface area contributed by atoms with Crippen LogP contribution in [-0.4, -0.2) is 38.2 Å². The molecule has 0 spiro atoms. The number of nitrogens with zero attached hydrogens (tertiary/aromatic N) is 1. The highest BCUT2D eigenvalue weighted by atomic mass is 79.9. The van der Waals surface area contributed by atoms with Crippen molar-refractivity contribution in [2.45, 2.75) is 19.9 Å². The molecule has 0 saturated carbocycles. The SMILES string of the molecule is CCOc1c(Br)cc(CNCC2CCN(C)C2)cc1Br. The van der Waals surface area contributed by atoms with Gasteiger partial charge < -0.3 is 15.0 Å². The van der Waals surface area contributed by atoms with Crippen molar-refractivity contribution in [3.63, 3.8) is 0 Å². The molecule has 0 aliphatic carbocycles. The Morgan fingerprint density at radius 2 is 2.05 bits per heavy atom. The summed E-state index contributed by atoms with van der Waals surface area (Å²) >= 11 is 7.15. The first-order valence-corrected chi connectivity index (χ1v) is 8.68. The summed E-state index contributed by atoms with van der Waals surface area (Å²) in [7, 11) is 2.20. The van der Waals surface area contributed by atoms with E-state index in [-0.39, 0.29) is 0 Å². The van der Waals surface area contributed by atoms with E-state index >= 15 is 0 Å². The Morgan fingerprint density at radius 1 is 1.35 bits per heavy atom. The minimum absolute atomic E-state index is 0.671. The smallest absolute Gasteiger partial charge is 0.147 e. The van der Waals surface area contributed by atoms with Crippen LogP contribution >= 0.6 is 31.9 Å². The van der Waals surface area contributed by atoms with Crippen LogP contribution in [0.4, 0.5) is 0 Å². The molecule has 1 unspecified atom stereocenters. The summed E-state index contributed by atoms with van der Waals surface area (Å²) in [5.74, 6) is 1.67. The Morgan fingerprint density at radius 3 is 2.60 bits per heavy atom. The quantitative estimate of drug-likeness (QED) is 0.781. The largest absolute Gasteiger partial charge is 0.492 e. The number of benzene rings is 1. The normalized spacial score (nSPS) is 19.5. The second kappa shape index (κ2) is 7.78. The van der Waals surface area contributed by atoms with Gasteiger partial charge in [-0.3, -0.25) is 0 Å². The molecule has 2 rings (SSSR count). The molecule has 20 heavy (non-hydrogen) atoms. The van der Waals surface area contributed by atoms with Crippen molar-refractivity contribution in [1.82, 2.24) is 10.2 Å². The number of halogens is 2. The van der Waals surface area contributed by atoms with Crippen LogP contribution in [0.3, 0.4) is 0 Å². The van der Waals surface area contributed by atoms with Gasteiger partial charge in [0.25, 0.3) is 0 Å². The van der Waals surface area contributed by atoms with Crippen LogP contribution in [0.15, 0.2) is 21.1 Å². The molecule has 3 nitrogen and oxygen atoms in total. The van der Waals surface area contributed by atoms with Gasteiger partial charge in [0, 0.05) is 13.1 Å². The molecular weight excluding hydrogens is 384 g/mol. The molecule has 1 aliphatic rings. The third-order valence-corrected chi connectivity index (χ3v) is 4.78. The van der Waals surface area contributed by atoms with Crippen LogP contribution in [0.2, 0.25) is 0 Å². The van der Waals surface area contributed by atoms with Gasteiger partial charge in [0.1, 0.15) is 5.75 Å². The fraction of sp³-hybridized carbons (Fsp3) is 0.600. The van der Waals surface area contributed by atoms with E-state index in [1.165, 1.54) is 25.1 Å². The summed E-state index contributed by atoms with van der Waals surface area (Å²) < 4.78 is 7.61. The first kappa shape index (κ1) is 16.3. The highest BCUT2D eigenvalue weighted by molar-refractivity contribution is 9.11. The third-order valence-electron chi connectivity index (χ3n) is 3.60. The molecule has 5 heteroatoms. The van der Waals surface area contributed by atoms with E-state index in [9.17, 15) is 0 Å². The summed E-state index contributed by atoms with van der Waals surface area (Å²) in [6.07, 6.45) is 1.31. The zero-order chi connectivity index (χ0) is 14.5. The van der Waals surface area contributed by atoms with Crippen LogP contribution < -0.4 is 10.1 Å². The summed E-state index contributed by atoms with van der Waals surface area (Å²) in [6, 6.07) is 4.26. The standard InChI is InChI=1S/C15H22Br2N2O/c1-3-20-15-13(16)6-12(7-14(15)17)9-18-8-11-4-5-19(2)10-11/h6-7,11,18H,3-5,8-10H2,1-2H3. The summed E-state index contributed by atoms with van der Waals surface area (Å²) in [5, 5.41) is 3.56. The Bertz CT molecular complexity index is 430. The van der Waals surface area contributed by atoms with Gasteiger partial charge in [-0.2, -0.15) is 0 Å². The van der Waals surface area contributed by atoms with E-state index in [4.69, 9.17) is 4.74 Å². The van der Waals surface area contributed by atoms with Crippen molar-refractivity contribution in [3.05, 3.63) is 26.6 Å².